The van der Waals surface area contributed by atoms with Crippen LogP contribution in [0.5, 0.6) is 0 Å². The van der Waals surface area contributed by atoms with Crippen LogP contribution in [0, 0.1) is 0 Å². The van der Waals surface area contributed by atoms with Crippen molar-refractivity contribution >= 4 is 21.6 Å². The Balaban J connectivity index is 2.17. The summed E-state index contributed by atoms with van der Waals surface area (Å²) < 4.78 is 22.8. The number of para-hydroxylation sites is 1. The Kier molecular flexibility index (Phi) is 4.16. The standard InChI is InChI=1S/C14H14N2O3S/c15-20(18,19)13-9-5-4-8-12(13)16-14(17)10-11-6-2-1-3-7-11/h1-9H,10H2,(H,16,17)(H2,15,18,19). The molecule has 0 fully saturated rings. The lowest BCUT2D eigenvalue weighted by Crippen LogP contribution is -2.19. The third kappa shape index (κ3) is 3.66. The fourth-order valence-corrected chi connectivity index (χ4v) is 2.49. The van der Waals surface area contributed by atoms with E-state index in [0.29, 0.717) is 0 Å². The Bertz CT molecular complexity index is 712. The Morgan fingerprint density at radius 2 is 1.60 bits per heavy atom. The van der Waals surface area contributed by atoms with E-state index in [0.717, 1.165) is 5.56 Å². The van der Waals surface area contributed by atoms with E-state index in [1.807, 2.05) is 30.3 Å². The molecule has 0 bridgehead atoms. The summed E-state index contributed by atoms with van der Waals surface area (Å²) in [6.45, 7) is 0. The van der Waals surface area contributed by atoms with Gasteiger partial charge in [-0.1, -0.05) is 42.5 Å². The number of hydrogen-bond acceptors (Lipinski definition) is 3. The highest BCUT2D eigenvalue weighted by Crippen LogP contribution is 2.19. The molecule has 3 N–H and O–H groups in total. The zero-order valence-electron chi connectivity index (χ0n) is 10.6. The predicted octanol–water partition coefficient (Wildman–Crippen LogP) is 1.52. The summed E-state index contributed by atoms with van der Waals surface area (Å²) in [6, 6.07) is 15.2. The first kappa shape index (κ1) is 14.2. The van der Waals surface area contributed by atoms with Crippen molar-refractivity contribution in [3.8, 4) is 0 Å². The van der Waals surface area contributed by atoms with E-state index >= 15 is 0 Å². The Morgan fingerprint density at radius 3 is 2.25 bits per heavy atom. The van der Waals surface area contributed by atoms with Gasteiger partial charge in [0, 0.05) is 0 Å². The van der Waals surface area contributed by atoms with Crippen LogP contribution < -0.4 is 10.5 Å². The molecule has 0 spiro atoms. The lowest BCUT2D eigenvalue weighted by atomic mass is 10.1. The fraction of sp³-hybridized carbons (Fsp3) is 0.0714. The number of nitrogens with two attached hydrogens (primary N) is 1. The summed E-state index contributed by atoms with van der Waals surface area (Å²) in [7, 11) is -3.87. The second-order valence-electron chi connectivity index (χ2n) is 4.25. The molecule has 5 nitrogen and oxygen atoms in total. The smallest absolute Gasteiger partial charge is 0.240 e. The lowest BCUT2D eigenvalue weighted by Gasteiger charge is -2.09. The van der Waals surface area contributed by atoms with Gasteiger partial charge in [-0.15, -0.1) is 0 Å². The minimum absolute atomic E-state index is 0.0959. The van der Waals surface area contributed by atoms with E-state index < -0.39 is 10.0 Å². The van der Waals surface area contributed by atoms with Gasteiger partial charge in [0.2, 0.25) is 15.9 Å². The lowest BCUT2D eigenvalue weighted by molar-refractivity contribution is -0.115. The maximum Gasteiger partial charge on any atom is 0.240 e. The number of rotatable bonds is 4. The van der Waals surface area contributed by atoms with Crippen LogP contribution >= 0.6 is 0 Å². The Hall–Kier alpha value is -2.18. The van der Waals surface area contributed by atoms with Crippen molar-refractivity contribution < 1.29 is 13.2 Å². The molecule has 0 saturated carbocycles. The molecule has 0 aliphatic rings. The monoisotopic (exact) mass is 290 g/mol. The van der Waals surface area contributed by atoms with Gasteiger partial charge < -0.3 is 5.32 Å². The van der Waals surface area contributed by atoms with Crippen LogP contribution in [0.3, 0.4) is 0 Å². The van der Waals surface area contributed by atoms with E-state index in [4.69, 9.17) is 5.14 Å². The Labute approximate surface area is 117 Å². The van der Waals surface area contributed by atoms with Gasteiger partial charge in [-0.3, -0.25) is 4.79 Å². The molecule has 1 amide bonds. The van der Waals surface area contributed by atoms with E-state index in [1.54, 1.807) is 12.1 Å². The molecule has 0 aliphatic heterocycles. The van der Waals surface area contributed by atoms with Gasteiger partial charge >= 0.3 is 0 Å². The number of carbonyl (C=O) groups excluding carboxylic acids is 1. The van der Waals surface area contributed by atoms with Gasteiger partial charge in [0.1, 0.15) is 4.90 Å². The van der Waals surface area contributed by atoms with Crippen LogP contribution in [-0.4, -0.2) is 14.3 Å². The molecule has 0 unspecified atom stereocenters. The SMILES string of the molecule is NS(=O)(=O)c1ccccc1NC(=O)Cc1ccccc1. The first-order valence-corrected chi connectivity index (χ1v) is 7.47. The number of primary sulfonamides is 1. The molecule has 104 valence electrons. The van der Waals surface area contributed by atoms with Gasteiger partial charge in [-0.25, -0.2) is 13.6 Å². The van der Waals surface area contributed by atoms with Gasteiger partial charge in [0.15, 0.2) is 0 Å². The minimum Gasteiger partial charge on any atom is -0.325 e. The van der Waals surface area contributed by atoms with Crippen LogP contribution in [0.25, 0.3) is 0 Å². The third-order valence-electron chi connectivity index (χ3n) is 2.68. The molecule has 0 radical (unpaired) electrons. The minimum atomic E-state index is -3.87. The number of benzene rings is 2. The molecule has 0 atom stereocenters. The summed E-state index contributed by atoms with van der Waals surface area (Å²) in [5, 5.41) is 7.67. The van der Waals surface area contributed by atoms with E-state index in [9.17, 15) is 13.2 Å². The molecular weight excluding hydrogens is 276 g/mol. The van der Waals surface area contributed by atoms with Crippen molar-refractivity contribution in [2.45, 2.75) is 11.3 Å². The fourth-order valence-electron chi connectivity index (χ4n) is 1.79. The summed E-state index contributed by atoms with van der Waals surface area (Å²) in [5.74, 6) is -0.299. The van der Waals surface area contributed by atoms with Gasteiger partial charge in [-0.2, -0.15) is 0 Å². The number of nitrogens with one attached hydrogen (secondary N) is 1. The topological polar surface area (TPSA) is 89.3 Å². The second kappa shape index (κ2) is 5.85. The highest BCUT2D eigenvalue weighted by molar-refractivity contribution is 7.89. The van der Waals surface area contributed by atoms with Crippen molar-refractivity contribution in [1.29, 1.82) is 0 Å². The number of carbonyl (C=O) groups is 1. The normalized spacial score (nSPS) is 11.1. The van der Waals surface area contributed by atoms with Crippen molar-refractivity contribution in [3.05, 3.63) is 60.2 Å². The van der Waals surface area contributed by atoms with Crippen molar-refractivity contribution in [2.75, 3.05) is 5.32 Å². The molecule has 2 rings (SSSR count). The zero-order chi connectivity index (χ0) is 14.6. The van der Waals surface area contributed by atoms with Crippen LogP contribution in [-0.2, 0) is 21.2 Å². The van der Waals surface area contributed by atoms with Gasteiger partial charge in [0.05, 0.1) is 12.1 Å². The molecule has 0 aromatic heterocycles. The average molecular weight is 290 g/mol. The highest BCUT2D eigenvalue weighted by Gasteiger charge is 2.15. The molecule has 2 aromatic rings. The molecule has 0 aliphatic carbocycles. The van der Waals surface area contributed by atoms with E-state index in [2.05, 4.69) is 5.32 Å². The number of anilines is 1. The average Bonchev–Trinajstić information content (AvgIpc) is 2.39. The molecule has 6 heteroatoms. The maximum absolute atomic E-state index is 11.9. The highest BCUT2D eigenvalue weighted by atomic mass is 32.2. The predicted molar refractivity (Wildman–Crippen MR) is 76.6 cm³/mol. The third-order valence-corrected chi connectivity index (χ3v) is 3.64. The summed E-state index contributed by atoms with van der Waals surface area (Å²) in [6.07, 6.45) is 0.166. The van der Waals surface area contributed by atoms with E-state index in [1.165, 1.54) is 12.1 Å². The van der Waals surface area contributed by atoms with Gasteiger partial charge in [0.25, 0.3) is 0 Å². The van der Waals surface area contributed by atoms with Crippen molar-refractivity contribution in [1.82, 2.24) is 0 Å². The van der Waals surface area contributed by atoms with Crippen LogP contribution in [0.15, 0.2) is 59.5 Å². The number of sulfonamides is 1. The molecule has 0 saturated heterocycles. The van der Waals surface area contributed by atoms with Crippen LogP contribution in [0.4, 0.5) is 5.69 Å². The number of amides is 1. The van der Waals surface area contributed by atoms with Crippen LogP contribution in [0.1, 0.15) is 5.56 Å². The zero-order valence-corrected chi connectivity index (χ0v) is 11.4. The number of hydrogen-bond donors (Lipinski definition) is 2. The summed E-state index contributed by atoms with van der Waals surface area (Å²) >= 11 is 0. The Morgan fingerprint density at radius 1 is 1.00 bits per heavy atom. The molecular formula is C14H14N2O3S. The summed E-state index contributed by atoms with van der Waals surface area (Å²) in [4.78, 5) is 11.8. The first-order valence-electron chi connectivity index (χ1n) is 5.92. The van der Waals surface area contributed by atoms with Crippen molar-refractivity contribution in [3.63, 3.8) is 0 Å². The largest absolute Gasteiger partial charge is 0.325 e. The van der Waals surface area contributed by atoms with Crippen molar-refractivity contribution in [2.24, 2.45) is 5.14 Å². The maximum atomic E-state index is 11.9. The van der Waals surface area contributed by atoms with E-state index in [-0.39, 0.29) is 22.9 Å². The molecule has 2 aromatic carbocycles. The molecule has 20 heavy (non-hydrogen) atoms. The molecule has 0 heterocycles. The first-order chi connectivity index (χ1) is 9.47. The van der Waals surface area contributed by atoms with Gasteiger partial charge in [-0.05, 0) is 17.7 Å². The second-order valence-corrected chi connectivity index (χ2v) is 5.78. The quantitative estimate of drug-likeness (QED) is 0.894. The van der Waals surface area contributed by atoms with Crippen LogP contribution in [0.2, 0.25) is 0 Å². The summed E-state index contributed by atoms with van der Waals surface area (Å²) in [5.41, 5.74) is 1.04.